The number of thiazole rings is 1. The van der Waals surface area contributed by atoms with Crippen LogP contribution in [0.4, 0.5) is 0 Å². The molecule has 4 nitrogen and oxygen atoms in total. The Morgan fingerprint density at radius 1 is 1.54 bits per heavy atom. The molecule has 2 heterocycles. The predicted octanol–water partition coefficient (Wildman–Crippen LogP) is 1.97. The van der Waals surface area contributed by atoms with Gasteiger partial charge in [0.25, 0.3) is 0 Å². The van der Waals surface area contributed by atoms with E-state index in [-0.39, 0.29) is 0 Å². The number of halogens is 1. The van der Waals surface area contributed by atoms with E-state index in [0.717, 1.165) is 5.69 Å². The molecule has 0 saturated carbocycles. The number of aryl methyl sites for hydroxylation is 1. The second kappa shape index (κ2) is 3.85. The normalized spacial score (nSPS) is 10.5. The summed E-state index contributed by atoms with van der Waals surface area (Å²) in [7, 11) is 0. The Bertz CT molecular complexity index is 373. The number of alkyl halides is 1. The van der Waals surface area contributed by atoms with Crippen molar-refractivity contribution in [1.82, 2.24) is 15.1 Å². The van der Waals surface area contributed by atoms with E-state index in [1.807, 2.05) is 5.38 Å². The third-order valence-corrected chi connectivity index (χ3v) is 2.21. The molecule has 0 aliphatic carbocycles. The fourth-order valence-corrected chi connectivity index (χ4v) is 1.56. The first-order chi connectivity index (χ1) is 6.40. The van der Waals surface area contributed by atoms with Gasteiger partial charge < -0.3 is 4.52 Å². The van der Waals surface area contributed by atoms with Crippen molar-refractivity contribution >= 4 is 22.9 Å². The molecule has 2 rings (SSSR count). The largest absolute Gasteiger partial charge is 0.339 e. The van der Waals surface area contributed by atoms with Gasteiger partial charge in [0.2, 0.25) is 11.7 Å². The maximum Gasteiger partial charge on any atom is 0.228 e. The number of nitrogens with zero attached hydrogens (tertiary/aromatic N) is 3. The van der Waals surface area contributed by atoms with Gasteiger partial charge in [0, 0.05) is 17.7 Å². The van der Waals surface area contributed by atoms with Crippen molar-refractivity contribution in [2.45, 2.75) is 6.42 Å². The Hall–Kier alpha value is -0.940. The maximum absolute atomic E-state index is 5.53. The summed E-state index contributed by atoms with van der Waals surface area (Å²) in [5, 5.41) is 5.65. The monoisotopic (exact) mass is 215 g/mol. The third-order valence-electron chi connectivity index (χ3n) is 1.44. The van der Waals surface area contributed by atoms with Crippen molar-refractivity contribution in [3.8, 4) is 11.5 Å². The summed E-state index contributed by atoms with van der Waals surface area (Å²) in [6.45, 7) is 0. The maximum atomic E-state index is 5.53. The lowest BCUT2D eigenvalue weighted by Gasteiger charge is -1.82. The van der Waals surface area contributed by atoms with Crippen LogP contribution in [0.1, 0.15) is 5.89 Å². The van der Waals surface area contributed by atoms with Crippen LogP contribution in [0.5, 0.6) is 0 Å². The van der Waals surface area contributed by atoms with Gasteiger partial charge in [-0.05, 0) is 0 Å². The number of rotatable bonds is 3. The Morgan fingerprint density at radius 3 is 3.15 bits per heavy atom. The molecule has 0 saturated heterocycles. The average Bonchev–Trinajstić information content (AvgIpc) is 2.70. The molecule has 0 amide bonds. The summed E-state index contributed by atoms with van der Waals surface area (Å²) in [5.74, 6) is 1.57. The molecule has 13 heavy (non-hydrogen) atoms. The zero-order valence-corrected chi connectivity index (χ0v) is 8.18. The number of aromatic nitrogens is 3. The Kier molecular flexibility index (Phi) is 2.56. The van der Waals surface area contributed by atoms with Crippen LogP contribution in [0.2, 0.25) is 0 Å². The van der Waals surface area contributed by atoms with Crippen LogP contribution in [0, 0.1) is 0 Å². The quantitative estimate of drug-likeness (QED) is 0.735. The molecule has 0 spiro atoms. The summed E-state index contributed by atoms with van der Waals surface area (Å²) in [4.78, 5) is 8.18. The fourth-order valence-electron chi connectivity index (χ4n) is 0.864. The Morgan fingerprint density at radius 2 is 2.46 bits per heavy atom. The second-order valence-electron chi connectivity index (χ2n) is 2.32. The minimum atomic E-state index is 0.485. The molecule has 6 heteroatoms. The average molecular weight is 216 g/mol. The lowest BCUT2D eigenvalue weighted by atomic mass is 10.4. The van der Waals surface area contributed by atoms with Crippen LogP contribution < -0.4 is 0 Å². The first-order valence-electron chi connectivity index (χ1n) is 3.67. The predicted molar refractivity (Wildman–Crippen MR) is 49.8 cm³/mol. The number of hydrogen-bond acceptors (Lipinski definition) is 5. The topological polar surface area (TPSA) is 51.8 Å². The van der Waals surface area contributed by atoms with Crippen molar-refractivity contribution in [1.29, 1.82) is 0 Å². The van der Waals surface area contributed by atoms with Gasteiger partial charge in [0.1, 0.15) is 5.69 Å². The molecule has 0 fully saturated rings. The number of hydrogen-bond donors (Lipinski definition) is 0. The van der Waals surface area contributed by atoms with Gasteiger partial charge in [-0.2, -0.15) is 4.98 Å². The molecular weight excluding hydrogens is 210 g/mol. The summed E-state index contributed by atoms with van der Waals surface area (Å²) < 4.78 is 4.95. The van der Waals surface area contributed by atoms with Crippen LogP contribution in [-0.4, -0.2) is 21.0 Å². The molecule has 0 bridgehead atoms. The highest BCUT2D eigenvalue weighted by atomic mass is 35.5. The van der Waals surface area contributed by atoms with E-state index in [2.05, 4.69) is 15.1 Å². The minimum absolute atomic E-state index is 0.485. The lowest BCUT2D eigenvalue weighted by Crippen LogP contribution is -1.85. The summed E-state index contributed by atoms with van der Waals surface area (Å²) in [6.07, 6.45) is 0.596. The molecule has 0 unspecified atom stereocenters. The van der Waals surface area contributed by atoms with E-state index in [9.17, 15) is 0 Å². The summed E-state index contributed by atoms with van der Waals surface area (Å²) in [6, 6.07) is 0. The SMILES string of the molecule is ClCCc1nc(-c2cscn2)no1. The molecule has 2 aromatic rings. The molecule has 2 aromatic heterocycles. The van der Waals surface area contributed by atoms with E-state index in [1.54, 1.807) is 5.51 Å². The molecule has 0 radical (unpaired) electrons. The van der Waals surface area contributed by atoms with Crippen molar-refractivity contribution in [2.24, 2.45) is 0 Å². The van der Waals surface area contributed by atoms with Crippen LogP contribution in [0.3, 0.4) is 0 Å². The van der Waals surface area contributed by atoms with Gasteiger partial charge in [-0.1, -0.05) is 5.16 Å². The van der Waals surface area contributed by atoms with Crippen molar-refractivity contribution in [3.63, 3.8) is 0 Å². The molecule has 0 atom stereocenters. The first kappa shape index (κ1) is 8.65. The third kappa shape index (κ3) is 1.87. The smallest absolute Gasteiger partial charge is 0.228 e. The molecule has 0 aliphatic heterocycles. The molecule has 0 N–H and O–H groups in total. The zero-order chi connectivity index (χ0) is 9.10. The minimum Gasteiger partial charge on any atom is -0.339 e. The molecule has 0 aliphatic rings. The van der Waals surface area contributed by atoms with Crippen LogP contribution in [-0.2, 0) is 6.42 Å². The highest BCUT2D eigenvalue weighted by Crippen LogP contribution is 2.15. The molecule has 0 aromatic carbocycles. The fraction of sp³-hybridized carbons (Fsp3) is 0.286. The van der Waals surface area contributed by atoms with Gasteiger partial charge in [-0.15, -0.1) is 22.9 Å². The Balaban J connectivity index is 2.23. The van der Waals surface area contributed by atoms with Crippen molar-refractivity contribution < 1.29 is 4.52 Å². The standard InChI is InChI=1S/C7H6ClN3OS/c8-2-1-6-10-7(11-12-6)5-3-13-4-9-5/h3-4H,1-2H2. The lowest BCUT2D eigenvalue weighted by molar-refractivity contribution is 0.383. The van der Waals surface area contributed by atoms with Crippen LogP contribution >= 0.6 is 22.9 Å². The van der Waals surface area contributed by atoms with Gasteiger partial charge in [-0.25, -0.2) is 4.98 Å². The van der Waals surface area contributed by atoms with Crippen LogP contribution in [0.25, 0.3) is 11.5 Å². The Labute approximate surface area is 83.6 Å². The van der Waals surface area contributed by atoms with Gasteiger partial charge in [0.05, 0.1) is 5.51 Å². The molecular formula is C7H6ClN3OS. The van der Waals surface area contributed by atoms with E-state index < -0.39 is 0 Å². The van der Waals surface area contributed by atoms with E-state index in [0.29, 0.717) is 24.0 Å². The summed E-state index contributed by atoms with van der Waals surface area (Å²) in [5.41, 5.74) is 2.47. The molecule has 68 valence electrons. The van der Waals surface area contributed by atoms with E-state index >= 15 is 0 Å². The van der Waals surface area contributed by atoms with Gasteiger partial charge >= 0.3 is 0 Å². The first-order valence-corrected chi connectivity index (χ1v) is 5.15. The van der Waals surface area contributed by atoms with Crippen molar-refractivity contribution in [2.75, 3.05) is 5.88 Å². The second-order valence-corrected chi connectivity index (χ2v) is 3.42. The van der Waals surface area contributed by atoms with Crippen molar-refractivity contribution in [3.05, 3.63) is 16.8 Å². The van der Waals surface area contributed by atoms with Gasteiger partial charge in [-0.3, -0.25) is 0 Å². The summed E-state index contributed by atoms with van der Waals surface area (Å²) >= 11 is 7.03. The van der Waals surface area contributed by atoms with E-state index in [4.69, 9.17) is 16.1 Å². The highest BCUT2D eigenvalue weighted by molar-refractivity contribution is 7.07. The van der Waals surface area contributed by atoms with Crippen LogP contribution in [0.15, 0.2) is 15.4 Å². The highest BCUT2D eigenvalue weighted by Gasteiger charge is 2.08. The zero-order valence-electron chi connectivity index (χ0n) is 6.61. The van der Waals surface area contributed by atoms with Gasteiger partial charge in [0.15, 0.2) is 0 Å². The van der Waals surface area contributed by atoms with E-state index in [1.165, 1.54) is 11.3 Å².